The lowest BCUT2D eigenvalue weighted by Crippen LogP contribution is -1.98. The summed E-state index contributed by atoms with van der Waals surface area (Å²) in [5.74, 6) is 3.19. The molecule has 1 aromatic heterocycles. The number of aromatic nitrogens is 1. The third-order valence-electron chi connectivity index (χ3n) is 1.84. The molecule has 0 fully saturated rings. The van der Waals surface area contributed by atoms with Gasteiger partial charge < -0.3 is 0 Å². The van der Waals surface area contributed by atoms with Crippen LogP contribution in [0, 0.1) is 16.6 Å². The number of fused-ring (bicyclic) bond motifs is 1. The van der Waals surface area contributed by atoms with Crippen molar-refractivity contribution in [3.63, 3.8) is 0 Å². The largest absolute Gasteiger partial charge is 0.229 e. The molecule has 0 aliphatic heterocycles. The molecule has 0 bridgehead atoms. The van der Waals surface area contributed by atoms with E-state index in [-0.39, 0.29) is 5.41 Å². The van der Waals surface area contributed by atoms with E-state index < -0.39 is 0 Å². The summed E-state index contributed by atoms with van der Waals surface area (Å²) in [6.45, 7) is 6.33. The van der Waals surface area contributed by atoms with Gasteiger partial charge in [0.15, 0.2) is 4.34 Å². The third kappa shape index (κ3) is 3.01. The number of para-hydroxylation sites is 1. The molecule has 0 unspecified atom stereocenters. The topological polar surface area (TPSA) is 12.9 Å². The van der Waals surface area contributed by atoms with E-state index in [1.165, 1.54) is 16.5 Å². The first-order valence-corrected chi connectivity index (χ1v) is 6.72. The average molecular weight is 247 g/mol. The summed E-state index contributed by atoms with van der Waals surface area (Å²) in [4.78, 5) is 4.51. The zero-order chi connectivity index (χ0) is 11.6. The van der Waals surface area contributed by atoms with Gasteiger partial charge in [-0.05, 0) is 49.9 Å². The quantitative estimate of drug-likeness (QED) is 0.547. The van der Waals surface area contributed by atoms with Gasteiger partial charge in [0.1, 0.15) is 0 Å². The van der Waals surface area contributed by atoms with Crippen LogP contribution >= 0.6 is 23.1 Å². The molecule has 0 saturated heterocycles. The van der Waals surface area contributed by atoms with Gasteiger partial charge in [-0.25, -0.2) is 4.98 Å². The third-order valence-corrected chi connectivity index (χ3v) is 3.64. The molecular formula is C13H13NS2. The average Bonchev–Trinajstić information content (AvgIpc) is 2.57. The van der Waals surface area contributed by atoms with Crippen LogP contribution in [0.3, 0.4) is 0 Å². The van der Waals surface area contributed by atoms with Crippen molar-refractivity contribution in [1.82, 2.24) is 4.98 Å². The summed E-state index contributed by atoms with van der Waals surface area (Å²) in [5, 5.41) is 3.12. The van der Waals surface area contributed by atoms with Gasteiger partial charge in [-0.2, -0.15) is 0 Å². The van der Waals surface area contributed by atoms with Crippen molar-refractivity contribution >= 4 is 33.3 Å². The second kappa shape index (κ2) is 4.48. The molecule has 0 atom stereocenters. The number of thiazole rings is 1. The number of hydrogen-bond donors (Lipinski definition) is 0. The van der Waals surface area contributed by atoms with E-state index in [0.29, 0.717) is 0 Å². The highest BCUT2D eigenvalue weighted by Crippen LogP contribution is 2.28. The van der Waals surface area contributed by atoms with E-state index in [1.807, 2.05) is 18.2 Å². The fourth-order valence-corrected chi connectivity index (χ4v) is 2.96. The van der Waals surface area contributed by atoms with Gasteiger partial charge in [-0.15, -0.1) is 11.3 Å². The van der Waals surface area contributed by atoms with Gasteiger partial charge >= 0.3 is 0 Å². The number of rotatable bonds is 1. The van der Waals surface area contributed by atoms with Crippen LogP contribution < -0.4 is 0 Å². The number of thioether (sulfide) groups is 1. The molecule has 2 aromatic rings. The summed E-state index contributed by atoms with van der Waals surface area (Å²) >= 11 is 3.22. The summed E-state index contributed by atoms with van der Waals surface area (Å²) in [6.07, 6.45) is 0. The Bertz CT molecular complexity index is 519. The molecule has 0 saturated carbocycles. The minimum atomic E-state index is 0.0592. The Balaban J connectivity index is 2.18. The Kier molecular flexibility index (Phi) is 3.22. The van der Waals surface area contributed by atoms with Crippen molar-refractivity contribution in [3.05, 3.63) is 24.3 Å². The molecule has 0 aliphatic rings. The Morgan fingerprint density at radius 2 is 2.00 bits per heavy atom. The van der Waals surface area contributed by atoms with Crippen LogP contribution in [0.5, 0.6) is 0 Å². The molecular weight excluding hydrogens is 234 g/mol. The fourth-order valence-electron chi connectivity index (χ4n) is 1.12. The zero-order valence-corrected chi connectivity index (χ0v) is 11.2. The van der Waals surface area contributed by atoms with E-state index in [9.17, 15) is 0 Å². The van der Waals surface area contributed by atoms with Gasteiger partial charge in [0, 0.05) is 5.41 Å². The second-order valence-electron chi connectivity index (χ2n) is 4.53. The predicted molar refractivity (Wildman–Crippen MR) is 72.7 cm³/mol. The molecule has 0 amide bonds. The van der Waals surface area contributed by atoms with Crippen LogP contribution in [0.15, 0.2) is 28.6 Å². The molecule has 3 heteroatoms. The van der Waals surface area contributed by atoms with Crippen LogP contribution in [-0.2, 0) is 0 Å². The van der Waals surface area contributed by atoms with E-state index in [1.54, 1.807) is 11.3 Å². The smallest absolute Gasteiger partial charge is 0.163 e. The molecule has 1 nitrogen and oxygen atoms in total. The van der Waals surface area contributed by atoms with Gasteiger partial charge in [0.25, 0.3) is 0 Å². The molecule has 16 heavy (non-hydrogen) atoms. The number of hydrogen-bond acceptors (Lipinski definition) is 3. The molecule has 2 rings (SSSR count). The first kappa shape index (κ1) is 11.5. The molecule has 1 aromatic carbocycles. The van der Waals surface area contributed by atoms with Crippen LogP contribution in [0.1, 0.15) is 20.8 Å². The Labute approximate surface area is 104 Å². The second-order valence-corrected chi connectivity index (χ2v) is 6.61. The predicted octanol–water partition coefficient (Wildman–Crippen LogP) is 4.40. The van der Waals surface area contributed by atoms with Crippen molar-refractivity contribution in [2.75, 3.05) is 0 Å². The van der Waals surface area contributed by atoms with Gasteiger partial charge in [-0.1, -0.05) is 18.1 Å². The monoisotopic (exact) mass is 247 g/mol. The van der Waals surface area contributed by atoms with Crippen LogP contribution in [0.2, 0.25) is 0 Å². The maximum Gasteiger partial charge on any atom is 0.163 e. The molecule has 1 heterocycles. The molecule has 0 N–H and O–H groups in total. The lowest BCUT2D eigenvalue weighted by Gasteiger charge is -2.05. The van der Waals surface area contributed by atoms with Crippen molar-refractivity contribution in [1.29, 1.82) is 0 Å². The maximum atomic E-state index is 4.51. The Morgan fingerprint density at radius 1 is 1.25 bits per heavy atom. The summed E-state index contributed by atoms with van der Waals surface area (Å²) < 4.78 is 2.25. The van der Waals surface area contributed by atoms with E-state index in [0.717, 1.165) is 9.86 Å². The normalized spacial score (nSPS) is 11.2. The van der Waals surface area contributed by atoms with E-state index in [4.69, 9.17) is 0 Å². The standard InChI is InChI=1S/C13H13NS2/c1-13(2,3)8-9-15-12-14-10-6-4-5-7-11(10)16-12/h4-7H,1-3H3. The minimum Gasteiger partial charge on any atom is -0.229 e. The zero-order valence-electron chi connectivity index (χ0n) is 9.57. The number of nitrogens with zero attached hydrogens (tertiary/aromatic N) is 1. The molecule has 0 spiro atoms. The van der Waals surface area contributed by atoms with E-state index >= 15 is 0 Å². The van der Waals surface area contributed by atoms with Crippen molar-refractivity contribution < 1.29 is 0 Å². The SMILES string of the molecule is CC(C)(C)C#CSc1nc2ccccc2s1. The van der Waals surface area contributed by atoms with Gasteiger partial charge in [-0.3, -0.25) is 0 Å². The lowest BCUT2D eigenvalue weighted by atomic mass is 9.99. The van der Waals surface area contributed by atoms with Crippen molar-refractivity contribution in [2.24, 2.45) is 5.41 Å². The first-order chi connectivity index (χ1) is 7.54. The van der Waals surface area contributed by atoms with Gasteiger partial charge in [0.2, 0.25) is 0 Å². The lowest BCUT2D eigenvalue weighted by molar-refractivity contribution is 0.571. The number of benzene rings is 1. The van der Waals surface area contributed by atoms with Crippen LogP contribution in [0.4, 0.5) is 0 Å². The van der Waals surface area contributed by atoms with Crippen molar-refractivity contribution in [2.45, 2.75) is 25.1 Å². The molecule has 0 aliphatic carbocycles. The highest BCUT2D eigenvalue weighted by Gasteiger charge is 2.05. The van der Waals surface area contributed by atoms with Crippen LogP contribution in [0.25, 0.3) is 10.2 Å². The Morgan fingerprint density at radius 3 is 2.69 bits per heavy atom. The summed E-state index contributed by atoms with van der Waals surface area (Å²) in [7, 11) is 0. The maximum absolute atomic E-state index is 4.51. The fraction of sp³-hybridized carbons (Fsp3) is 0.308. The first-order valence-electron chi connectivity index (χ1n) is 5.09. The van der Waals surface area contributed by atoms with E-state index in [2.05, 4.69) is 43.0 Å². The van der Waals surface area contributed by atoms with Gasteiger partial charge in [0.05, 0.1) is 10.2 Å². The minimum absolute atomic E-state index is 0.0592. The summed E-state index contributed by atoms with van der Waals surface area (Å²) in [6, 6.07) is 8.18. The Hall–Kier alpha value is -0.980. The molecule has 0 radical (unpaired) electrons. The van der Waals surface area contributed by atoms with Crippen molar-refractivity contribution in [3.8, 4) is 11.2 Å². The molecule has 82 valence electrons. The highest BCUT2D eigenvalue weighted by atomic mass is 32.2. The summed E-state index contributed by atoms with van der Waals surface area (Å²) in [5.41, 5.74) is 1.12. The highest BCUT2D eigenvalue weighted by molar-refractivity contribution is 8.05. The van der Waals surface area contributed by atoms with Crippen LogP contribution in [-0.4, -0.2) is 4.98 Å².